The summed E-state index contributed by atoms with van der Waals surface area (Å²) in [6, 6.07) is 0. The second-order valence-corrected chi connectivity index (χ2v) is 26.4. The molecule has 0 heterocycles. The average Bonchev–Trinajstić information content (AvgIpc) is 2.30. The molecule has 0 spiro atoms. The molecule has 0 aromatic rings. The molecule has 0 aromatic carbocycles. The highest BCUT2D eigenvalue weighted by molar-refractivity contribution is 6.16. The second kappa shape index (κ2) is 62.0. The molecule has 0 aromatic heterocycles. The van der Waals surface area contributed by atoms with Crippen molar-refractivity contribution in [1.82, 2.24) is 0 Å². The minimum absolute atomic E-state index is 0.0444. The van der Waals surface area contributed by atoms with Crippen LogP contribution in [0.1, 0.15) is 439 Å². The molecule has 8 nitrogen and oxygen atoms in total. The van der Waals surface area contributed by atoms with Crippen LogP contribution in [-0.2, 0) is 23.9 Å². The van der Waals surface area contributed by atoms with Gasteiger partial charge in [-0.25, -0.2) is 0 Å². The molecule has 0 saturated carbocycles. The lowest BCUT2D eigenvalue weighted by atomic mass is 9.70. The van der Waals surface area contributed by atoms with Crippen molar-refractivity contribution in [2.75, 3.05) is 0 Å². The van der Waals surface area contributed by atoms with E-state index in [-0.39, 0.29) is 25.7 Å². The highest BCUT2D eigenvalue weighted by Crippen LogP contribution is 2.36. The van der Waals surface area contributed by atoms with Crippen molar-refractivity contribution in [1.29, 1.82) is 0 Å². The van der Waals surface area contributed by atoms with E-state index in [0.717, 1.165) is 83.5 Å². The van der Waals surface area contributed by atoms with E-state index in [0.29, 0.717) is 44.9 Å². The molecule has 2 atom stereocenters. The smallest absolute Gasteiger partial charge is 0.308 e. The number of ether oxygens (including phenoxy) is 1. The Morgan fingerprint density at radius 2 is 0.410 bits per heavy atom. The van der Waals surface area contributed by atoms with Crippen molar-refractivity contribution in [3.63, 3.8) is 0 Å². The predicted octanol–water partition coefficient (Wildman–Crippen LogP) is 23.1. The van der Waals surface area contributed by atoms with Crippen molar-refractivity contribution in [2.24, 2.45) is 0 Å². The standard InChI is InChI=1S/C75H144O8/c1-5-9-13-17-21-25-29-33-37-41-45-49-53-57-61-65-69(76)74(81,70(77)66-62-58-54-50-46-42-38-34-30-26-22-18-14-10-6-2)75(82,71(78)67-63-59-55-51-47-43-39-35-31-27-23-19-15-11-7-3)73(80)83-72(79)68-64-60-56-52-48-44-40-36-32-28-24-20-16-12-8-4/h73,80-82H,5-68H2,1-4H3. The van der Waals surface area contributed by atoms with Crippen LogP contribution in [-0.4, -0.2) is 56.1 Å². The van der Waals surface area contributed by atoms with Crippen LogP contribution in [0.5, 0.6) is 0 Å². The van der Waals surface area contributed by atoms with Crippen LogP contribution in [0.25, 0.3) is 0 Å². The SMILES string of the molecule is CCCCCCCCCCCCCCCCCC(=O)OC(O)C(O)(C(=O)CCCCCCCCCCCCCCCCC)C(O)(C(=O)CCCCCCCCCCCCCCCCC)C(=O)CCCCCCCCCCCCCCCCC. The lowest BCUT2D eigenvalue weighted by Gasteiger charge is -2.42. The highest BCUT2D eigenvalue weighted by Gasteiger charge is 2.67. The minimum Gasteiger partial charge on any atom is -0.432 e. The molecular weight excluding hydrogens is 1030 g/mol. The van der Waals surface area contributed by atoms with Crippen LogP contribution in [0.2, 0.25) is 0 Å². The third-order valence-corrected chi connectivity index (χ3v) is 18.4. The predicted molar refractivity (Wildman–Crippen MR) is 355 cm³/mol. The Morgan fingerprint density at radius 3 is 0.602 bits per heavy atom. The molecule has 0 saturated heterocycles. The van der Waals surface area contributed by atoms with E-state index in [4.69, 9.17) is 4.74 Å². The first kappa shape index (κ1) is 81.4. The summed E-state index contributed by atoms with van der Waals surface area (Å²) >= 11 is 0. The van der Waals surface area contributed by atoms with E-state index < -0.39 is 40.8 Å². The first-order valence-corrected chi connectivity index (χ1v) is 37.5. The highest BCUT2D eigenvalue weighted by atomic mass is 16.7. The van der Waals surface area contributed by atoms with Gasteiger partial charge in [-0.1, -0.05) is 387 Å². The maximum absolute atomic E-state index is 14.5. The van der Waals surface area contributed by atoms with Gasteiger partial charge in [0, 0.05) is 25.7 Å². The Morgan fingerprint density at radius 1 is 0.253 bits per heavy atom. The Hall–Kier alpha value is -1.64. The number of unbranched alkanes of at least 4 members (excludes halogenated alkanes) is 56. The van der Waals surface area contributed by atoms with Gasteiger partial charge >= 0.3 is 5.97 Å². The first-order valence-electron chi connectivity index (χ1n) is 37.5. The largest absolute Gasteiger partial charge is 0.432 e. The number of rotatable bonds is 70. The van der Waals surface area contributed by atoms with Gasteiger partial charge in [-0.05, 0) is 25.7 Å². The summed E-state index contributed by atoms with van der Waals surface area (Å²) in [5.41, 5.74) is -6.58. The molecule has 0 bridgehead atoms. The molecule has 0 rings (SSSR count). The van der Waals surface area contributed by atoms with Crippen molar-refractivity contribution in [2.45, 2.75) is 456 Å². The molecule has 2 unspecified atom stereocenters. The van der Waals surface area contributed by atoms with E-state index in [9.17, 15) is 34.5 Å². The fourth-order valence-electron chi connectivity index (χ4n) is 12.5. The minimum atomic E-state index is -3.33. The van der Waals surface area contributed by atoms with Crippen LogP contribution in [0.4, 0.5) is 0 Å². The lowest BCUT2D eigenvalue weighted by molar-refractivity contribution is -0.251. The molecule has 0 fully saturated rings. The Balaban J connectivity index is 5.78. The lowest BCUT2D eigenvalue weighted by Crippen LogP contribution is -2.73. The number of hydrogen-bond acceptors (Lipinski definition) is 8. The average molecular weight is 1170 g/mol. The summed E-state index contributed by atoms with van der Waals surface area (Å²) in [6.45, 7) is 9.03. The fraction of sp³-hybridized carbons (Fsp3) is 0.947. The maximum atomic E-state index is 14.5. The van der Waals surface area contributed by atoms with Gasteiger partial charge in [0.05, 0.1) is 0 Å². The summed E-state index contributed by atoms with van der Waals surface area (Å²) in [5, 5.41) is 37.2. The van der Waals surface area contributed by atoms with Gasteiger partial charge in [0.1, 0.15) is 0 Å². The number of aliphatic hydroxyl groups excluding tert-OH is 1. The fourth-order valence-corrected chi connectivity index (χ4v) is 12.5. The number of Topliss-reactive ketones (excluding diaryl/α,β-unsaturated/α-hetero) is 3. The van der Waals surface area contributed by atoms with Crippen LogP contribution in [0, 0.1) is 0 Å². The summed E-state index contributed by atoms with van der Waals surface area (Å²) in [6.07, 6.45) is 65.6. The van der Waals surface area contributed by atoms with Crippen molar-refractivity contribution >= 4 is 23.3 Å². The quantitative estimate of drug-likeness (QED) is 0.0237. The molecule has 0 aliphatic heterocycles. The summed E-state index contributed by atoms with van der Waals surface area (Å²) in [5.74, 6) is -3.78. The Kier molecular flexibility index (Phi) is 60.8. The van der Waals surface area contributed by atoms with E-state index in [1.54, 1.807) is 0 Å². The van der Waals surface area contributed by atoms with E-state index in [1.807, 2.05) is 0 Å². The Labute approximate surface area is 516 Å². The van der Waals surface area contributed by atoms with E-state index >= 15 is 0 Å². The normalized spacial score (nSPS) is 13.0. The number of hydrogen-bond donors (Lipinski definition) is 3. The van der Waals surface area contributed by atoms with Gasteiger partial charge in [-0.2, -0.15) is 0 Å². The van der Waals surface area contributed by atoms with Crippen LogP contribution >= 0.6 is 0 Å². The third kappa shape index (κ3) is 46.2. The topological polar surface area (TPSA) is 138 Å². The van der Waals surface area contributed by atoms with Gasteiger partial charge < -0.3 is 20.1 Å². The summed E-state index contributed by atoms with van der Waals surface area (Å²) < 4.78 is 5.47. The monoisotopic (exact) mass is 1170 g/mol. The van der Waals surface area contributed by atoms with Gasteiger partial charge in [0.15, 0.2) is 17.3 Å². The van der Waals surface area contributed by atoms with Crippen molar-refractivity contribution in [3.05, 3.63) is 0 Å². The summed E-state index contributed by atoms with van der Waals surface area (Å²) in [4.78, 5) is 57.1. The first-order chi connectivity index (χ1) is 40.6. The van der Waals surface area contributed by atoms with Gasteiger partial charge in [0.2, 0.25) is 17.5 Å². The molecule has 0 aliphatic carbocycles. The third-order valence-electron chi connectivity index (χ3n) is 18.4. The van der Waals surface area contributed by atoms with Crippen LogP contribution in [0.15, 0.2) is 0 Å². The number of carbonyl (C=O) groups is 4. The number of carbonyl (C=O) groups excluding carboxylic acids is 4. The van der Waals surface area contributed by atoms with Crippen LogP contribution < -0.4 is 0 Å². The molecule has 0 radical (unpaired) electrons. The zero-order valence-corrected chi connectivity index (χ0v) is 56.2. The zero-order valence-electron chi connectivity index (χ0n) is 56.2. The molecule has 0 amide bonds. The second-order valence-electron chi connectivity index (χ2n) is 26.4. The van der Waals surface area contributed by atoms with Gasteiger partial charge in [-0.15, -0.1) is 0 Å². The number of esters is 1. The molecule has 3 N–H and O–H groups in total. The molecule has 83 heavy (non-hydrogen) atoms. The van der Waals surface area contributed by atoms with E-state index in [1.165, 1.54) is 257 Å². The van der Waals surface area contributed by atoms with Crippen molar-refractivity contribution < 1.29 is 39.2 Å². The zero-order chi connectivity index (χ0) is 60.8. The van der Waals surface area contributed by atoms with E-state index in [2.05, 4.69) is 27.7 Å². The van der Waals surface area contributed by atoms with Crippen molar-refractivity contribution in [3.8, 4) is 0 Å². The number of aliphatic hydroxyl groups is 3. The van der Waals surface area contributed by atoms with Crippen LogP contribution in [0.3, 0.4) is 0 Å². The van der Waals surface area contributed by atoms with Gasteiger partial charge in [0.25, 0.3) is 0 Å². The maximum Gasteiger partial charge on any atom is 0.308 e. The molecule has 492 valence electrons. The molecule has 0 aliphatic rings. The Bertz CT molecular complexity index is 1370. The van der Waals surface area contributed by atoms with Gasteiger partial charge in [-0.3, -0.25) is 19.2 Å². The molecular formula is C75H144O8. The summed E-state index contributed by atoms with van der Waals surface area (Å²) in [7, 11) is 0. The number of ketones is 3. The molecule has 8 heteroatoms.